The number of hydrogen-bond acceptors (Lipinski definition) is 0. The molecule has 40 heavy (non-hydrogen) atoms. The molecule has 0 unspecified atom stereocenters. The molecule has 0 radical (unpaired) electrons. The molecule has 0 bridgehead atoms. The Morgan fingerprint density at radius 2 is 0.650 bits per heavy atom. The zero-order valence-electron chi connectivity index (χ0n) is 26.1. The minimum absolute atomic E-state index is 0.346. The molecule has 0 aromatic carbocycles. The van der Waals surface area contributed by atoms with Crippen LogP contribution >= 0.6 is 33.9 Å². The molecule has 0 aliphatic heterocycles. The Labute approximate surface area is 266 Å². The second-order valence-corrected chi connectivity index (χ2v) is 27.2. The van der Waals surface area contributed by atoms with Gasteiger partial charge in [0, 0.05) is 0 Å². The van der Waals surface area contributed by atoms with E-state index in [1.807, 2.05) is 0 Å². The van der Waals surface area contributed by atoms with Gasteiger partial charge in [-0.2, -0.15) is 0 Å². The maximum atomic E-state index is 4.85. The summed E-state index contributed by atoms with van der Waals surface area (Å²) in [6.45, 7) is 5.10. The van der Waals surface area contributed by atoms with Crippen LogP contribution in [0.5, 0.6) is 0 Å². The van der Waals surface area contributed by atoms with Gasteiger partial charge in [-0.1, -0.05) is 5.57 Å². The van der Waals surface area contributed by atoms with Gasteiger partial charge in [0.15, 0.2) is 5.40 Å². The molecule has 0 aromatic rings. The van der Waals surface area contributed by atoms with Crippen molar-refractivity contribution < 1.29 is 15.1 Å². The molecular weight excluding hydrogens is 654 g/mol. The molecule has 0 aromatic heterocycles. The fourth-order valence-corrected chi connectivity index (χ4v) is 33.1. The second-order valence-electron chi connectivity index (χ2n) is 15.1. The van der Waals surface area contributed by atoms with E-state index in [4.69, 9.17) is 19.4 Å². The fraction of sp³-hybridized carbons (Fsp3) is 0.943. The van der Waals surface area contributed by atoms with Crippen LogP contribution in [0.2, 0.25) is 0 Å². The summed E-state index contributed by atoms with van der Waals surface area (Å²) >= 11 is -0.346. The number of rotatable bonds is 9. The Kier molecular flexibility index (Phi) is 13.2. The van der Waals surface area contributed by atoms with E-state index in [0.29, 0.717) is 0 Å². The van der Waals surface area contributed by atoms with Gasteiger partial charge in [0.25, 0.3) is 0 Å². The first-order valence-electron chi connectivity index (χ1n) is 17.9. The van der Waals surface area contributed by atoms with Gasteiger partial charge in [-0.3, -0.25) is 0 Å². The van der Waals surface area contributed by atoms with Gasteiger partial charge < -0.3 is 0 Å². The SMILES string of the molecule is CC(C)=CC([P+](C1CCCC1)(C1CCCC1)C1CCCC1)[P+](C1CCCC1)(C1CCCC1)C1CCCC1.[Cl][Ru][Cl]. The summed E-state index contributed by atoms with van der Waals surface area (Å²) in [6.07, 6.45) is 41.9. The van der Waals surface area contributed by atoms with Crippen molar-refractivity contribution in [2.45, 2.75) is 207 Å². The third-order valence-electron chi connectivity index (χ3n) is 13.1. The van der Waals surface area contributed by atoms with E-state index in [0.717, 1.165) is 5.40 Å². The van der Waals surface area contributed by atoms with E-state index in [-0.39, 0.29) is 15.1 Å². The van der Waals surface area contributed by atoms with Crippen LogP contribution in [-0.4, -0.2) is 39.4 Å². The Hall–Kier alpha value is 1.80. The van der Waals surface area contributed by atoms with Gasteiger partial charge >= 0.3 is 34.5 Å². The van der Waals surface area contributed by atoms with Crippen molar-refractivity contribution in [2.24, 2.45) is 0 Å². The Bertz CT molecular complexity index is 640. The fourth-order valence-electron chi connectivity index (χ4n) is 12.1. The van der Waals surface area contributed by atoms with E-state index in [2.05, 4.69) is 19.9 Å². The summed E-state index contributed by atoms with van der Waals surface area (Å²) in [4.78, 5) is 0. The van der Waals surface area contributed by atoms with Crippen molar-refractivity contribution in [3.8, 4) is 0 Å². The third kappa shape index (κ3) is 6.53. The summed E-state index contributed by atoms with van der Waals surface area (Å²) in [6, 6.07) is 0. The predicted octanol–water partition coefficient (Wildman–Crippen LogP) is 13.3. The molecule has 0 nitrogen and oxygen atoms in total. The van der Waals surface area contributed by atoms with Crippen LogP contribution in [0.3, 0.4) is 0 Å². The minimum atomic E-state index is -1.11. The van der Waals surface area contributed by atoms with Crippen LogP contribution in [0.15, 0.2) is 11.6 Å². The van der Waals surface area contributed by atoms with Crippen LogP contribution in [0.1, 0.15) is 168 Å². The van der Waals surface area contributed by atoms with Crippen LogP contribution in [0, 0.1) is 0 Å². The predicted molar refractivity (Wildman–Crippen MR) is 182 cm³/mol. The standard InChI is InChI=1S/C35H62P2.2ClH.Ru/c1-28(2)27-35(36(29-15-3-4-16-29,30-17-5-6-18-30)31-19-7-8-20-31)37(32-21-9-10-22-32,33-23-11-12-24-33)34-25-13-14-26-34;;;/h27,29-35H,3-26H2,1-2H3;2*1H;/q+2;;;+2/p-2. The van der Waals surface area contributed by atoms with Crippen LogP contribution in [0.25, 0.3) is 0 Å². The molecule has 6 rings (SSSR count). The van der Waals surface area contributed by atoms with Crippen molar-refractivity contribution in [2.75, 3.05) is 0 Å². The first kappa shape index (κ1) is 33.2. The van der Waals surface area contributed by atoms with Gasteiger partial charge in [0.1, 0.15) is 0 Å². The first-order valence-corrected chi connectivity index (χ1v) is 26.5. The Morgan fingerprint density at radius 1 is 0.475 bits per heavy atom. The maximum absolute atomic E-state index is 4.85. The summed E-state index contributed by atoms with van der Waals surface area (Å²) in [7, 11) is 7.49. The van der Waals surface area contributed by atoms with Gasteiger partial charge in [-0.05, 0) is 174 Å². The molecule has 0 heterocycles. The molecule has 0 saturated heterocycles. The van der Waals surface area contributed by atoms with Gasteiger partial charge in [-0.25, -0.2) is 0 Å². The number of hydrogen-bond donors (Lipinski definition) is 0. The summed E-state index contributed by atoms with van der Waals surface area (Å²) in [5, 5.41) is 1.11. The zero-order chi connectivity index (χ0) is 28.0. The number of halogens is 2. The molecule has 0 atom stereocenters. The quantitative estimate of drug-likeness (QED) is 0.127. The topological polar surface area (TPSA) is 0 Å². The molecule has 0 N–H and O–H groups in total. The molecular formula is C35H62Cl2P2Ru+2. The van der Waals surface area contributed by atoms with Crippen molar-refractivity contribution in [3.05, 3.63) is 11.6 Å². The number of allylic oxidation sites excluding steroid dienone is 2. The van der Waals surface area contributed by atoms with E-state index < -0.39 is 14.5 Å². The van der Waals surface area contributed by atoms with E-state index in [9.17, 15) is 0 Å². The van der Waals surface area contributed by atoms with E-state index in [1.165, 1.54) is 34.0 Å². The monoisotopic (exact) mass is 716 g/mol. The van der Waals surface area contributed by atoms with Crippen molar-refractivity contribution in [3.63, 3.8) is 0 Å². The normalized spacial score (nSPS) is 26.9. The summed E-state index contributed by atoms with van der Waals surface area (Å²) in [5.41, 5.74) is 8.75. The summed E-state index contributed by atoms with van der Waals surface area (Å²) < 4.78 is 0. The molecule has 6 saturated carbocycles. The first-order chi connectivity index (χ1) is 19.6. The molecule has 0 amide bonds. The van der Waals surface area contributed by atoms with Gasteiger partial charge in [0.2, 0.25) is 0 Å². The average Bonchev–Trinajstić information content (AvgIpc) is 3.81. The van der Waals surface area contributed by atoms with Crippen LogP contribution < -0.4 is 0 Å². The zero-order valence-corrected chi connectivity index (χ0v) is 31.1. The second kappa shape index (κ2) is 15.9. The summed E-state index contributed by atoms with van der Waals surface area (Å²) in [5.74, 6) is 0. The van der Waals surface area contributed by atoms with Gasteiger partial charge in [-0.15, -0.1) is 0 Å². The van der Waals surface area contributed by atoms with Crippen LogP contribution in [0.4, 0.5) is 0 Å². The third-order valence-corrected chi connectivity index (χ3v) is 28.4. The van der Waals surface area contributed by atoms with E-state index >= 15 is 0 Å². The Morgan fingerprint density at radius 3 is 0.800 bits per heavy atom. The van der Waals surface area contributed by atoms with Crippen molar-refractivity contribution in [1.82, 2.24) is 0 Å². The molecule has 6 aliphatic carbocycles. The Balaban J connectivity index is 0.00000103. The van der Waals surface area contributed by atoms with Crippen molar-refractivity contribution >= 4 is 33.9 Å². The average molecular weight is 717 g/mol. The van der Waals surface area contributed by atoms with Crippen molar-refractivity contribution in [1.29, 1.82) is 0 Å². The van der Waals surface area contributed by atoms with Gasteiger partial charge in [0.05, 0.1) is 48.5 Å². The molecule has 0 spiro atoms. The molecule has 6 aliphatic rings. The molecule has 232 valence electrons. The molecule has 6 fully saturated rings. The molecule has 5 heteroatoms. The van der Waals surface area contributed by atoms with Crippen LogP contribution in [-0.2, 0) is 15.1 Å². The van der Waals surface area contributed by atoms with E-state index in [1.54, 1.807) is 160 Å².